The Kier molecular flexibility index (Phi) is 5.49. The normalized spacial score (nSPS) is 28.6. The highest BCUT2D eigenvalue weighted by Gasteiger charge is 2.60. The van der Waals surface area contributed by atoms with E-state index in [2.05, 4.69) is 0 Å². The van der Waals surface area contributed by atoms with Crippen molar-refractivity contribution in [1.29, 1.82) is 0 Å². The summed E-state index contributed by atoms with van der Waals surface area (Å²) in [5.74, 6) is -2.02. The molecule has 4 N–H and O–H groups in total. The van der Waals surface area contributed by atoms with Crippen LogP contribution in [0.1, 0.15) is 19.8 Å². The SMILES string of the molecule is C[C@@H](O)[C@H]1C(=O)N2C(C(=O)O)=C(SCCO)[C@H](CCCO)[C@H]12. The molecular formula is C14H21NO6S. The van der Waals surface area contributed by atoms with E-state index in [0.717, 1.165) is 0 Å². The monoisotopic (exact) mass is 331 g/mol. The zero-order chi connectivity index (χ0) is 16.4. The van der Waals surface area contributed by atoms with Gasteiger partial charge in [0, 0.05) is 23.2 Å². The number of β-lactam (4-membered cyclic amide) rings is 1. The van der Waals surface area contributed by atoms with Crippen molar-refractivity contribution in [2.45, 2.75) is 31.9 Å². The lowest BCUT2D eigenvalue weighted by Crippen LogP contribution is -2.63. The van der Waals surface area contributed by atoms with Gasteiger partial charge in [-0.15, -0.1) is 11.8 Å². The highest BCUT2D eigenvalue weighted by atomic mass is 32.2. The molecule has 0 aromatic carbocycles. The predicted molar refractivity (Wildman–Crippen MR) is 79.8 cm³/mol. The molecule has 2 heterocycles. The summed E-state index contributed by atoms with van der Waals surface area (Å²) in [5, 5.41) is 37.3. The molecular weight excluding hydrogens is 310 g/mol. The summed E-state index contributed by atoms with van der Waals surface area (Å²) in [6, 6.07) is -0.369. The largest absolute Gasteiger partial charge is 0.477 e. The molecule has 0 saturated carbocycles. The molecule has 0 spiro atoms. The third-order valence-corrected chi connectivity index (χ3v) is 5.35. The number of aliphatic hydroxyl groups excluding tert-OH is 3. The minimum Gasteiger partial charge on any atom is -0.477 e. The van der Waals surface area contributed by atoms with Gasteiger partial charge in [-0.3, -0.25) is 4.79 Å². The van der Waals surface area contributed by atoms with Gasteiger partial charge in [-0.05, 0) is 19.8 Å². The number of fused-ring (bicyclic) bond motifs is 1. The van der Waals surface area contributed by atoms with Gasteiger partial charge in [0.05, 0.1) is 24.7 Å². The Morgan fingerprint density at radius 1 is 1.36 bits per heavy atom. The molecule has 2 rings (SSSR count). The summed E-state index contributed by atoms with van der Waals surface area (Å²) < 4.78 is 0. The summed E-state index contributed by atoms with van der Waals surface area (Å²) in [5.41, 5.74) is -0.0340. The maximum absolute atomic E-state index is 12.2. The zero-order valence-electron chi connectivity index (χ0n) is 12.3. The number of aliphatic hydroxyl groups is 3. The molecule has 7 nitrogen and oxygen atoms in total. The molecule has 22 heavy (non-hydrogen) atoms. The van der Waals surface area contributed by atoms with Crippen molar-refractivity contribution in [3.63, 3.8) is 0 Å². The van der Waals surface area contributed by atoms with Gasteiger partial charge in [0.2, 0.25) is 5.91 Å². The Bertz CT molecular complexity index is 492. The average Bonchev–Trinajstić information content (AvgIpc) is 2.72. The summed E-state index contributed by atoms with van der Waals surface area (Å²) in [4.78, 5) is 25.6. The zero-order valence-corrected chi connectivity index (χ0v) is 13.1. The Balaban J connectivity index is 2.35. The molecule has 1 saturated heterocycles. The molecule has 2 aliphatic rings. The second kappa shape index (κ2) is 6.99. The number of carbonyl (C=O) groups excluding carboxylic acids is 1. The van der Waals surface area contributed by atoms with E-state index in [-0.39, 0.29) is 36.8 Å². The van der Waals surface area contributed by atoms with Gasteiger partial charge in [-0.1, -0.05) is 0 Å². The predicted octanol–water partition coefficient (Wildman–Crippen LogP) is -0.382. The average molecular weight is 331 g/mol. The highest BCUT2D eigenvalue weighted by Crippen LogP contribution is 2.52. The Labute approximate surface area is 132 Å². The first kappa shape index (κ1) is 17.3. The van der Waals surface area contributed by atoms with Crippen LogP contribution in [0.2, 0.25) is 0 Å². The second-order valence-corrected chi connectivity index (χ2v) is 6.66. The van der Waals surface area contributed by atoms with E-state index in [9.17, 15) is 19.8 Å². The van der Waals surface area contributed by atoms with E-state index >= 15 is 0 Å². The smallest absolute Gasteiger partial charge is 0.353 e. The Morgan fingerprint density at radius 3 is 2.55 bits per heavy atom. The fraction of sp³-hybridized carbons (Fsp3) is 0.714. The number of nitrogens with zero attached hydrogens (tertiary/aromatic N) is 1. The van der Waals surface area contributed by atoms with Crippen LogP contribution >= 0.6 is 11.8 Å². The number of rotatable bonds is 8. The Hall–Kier alpha value is -1.09. The molecule has 0 aromatic heterocycles. The van der Waals surface area contributed by atoms with E-state index in [1.165, 1.54) is 23.6 Å². The van der Waals surface area contributed by atoms with Gasteiger partial charge in [0.15, 0.2) is 0 Å². The molecule has 0 bridgehead atoms. The lowest BCUT2D eigenvalue weighted by atomic mass is 9.77. The van der Waals surface area contributed by atoms with Crippen molar-refractivity contribution in [3.8, 4) is 0 Å². The van der Waals surface area contributed by atoms with Gasteiger partial charge >= 0.3 is 5.97 Å². The van der Waals surface area contributed by atoms with Crippen LogP contribution in [0.15, 0.2) is 10.6 Å². The van der Waals surface area contributed by atoms with Crippen LogP contribution in [0.25, 0.3) is 0 Å². The summed E-state index contributed by atoms with van der Waals surface area (Å²) in [7, 11) is 0. The maximum atomic E-state index is 12.2. The molecule has 4 atom stereocenters. The van der Waals surface area contributed by atoms with Crippen molar-refractivity contribution in [2.24, 2.45) is 11.8 Å². The van der Waals surface area contributed by atoms with E-state index < -0.39 is 18.0 Å². The van der Waals surface area contributed by atoms with Crippen LogP contribution in [0.5, 0.6) is 0 Å². The van der Waals surface area contributed by atoms with Crippen molar-refractivity contribution in [3.05, 3.63) is 10.6 Å². The molecule has 8 heteroatoms. The fourth-order valence-electron chi connectivity index (χ4n) is 3.32. The number of thioether (sulfide) groups is 1. The molecule has 124 valence electrons. The first-order chi connectivity index (χ1) is 10.5. The second-order valence-electron chi connectivity index (χ2n) is 5.53. The van der Waals surface area contributed by atoms with Crippen LogP contribution in [-0.2, 0) is 9.59 Å². The summed E-state index contributed by atoms with van der Waals surface area (Å²) in [6.45, 7) is 1.42. The molecule has 1 fully saturated rings. The van der Waals surface area contributed by atoms with Crippen molar-refractivity contribution in [2.75, 3.05) is 19.0 Å². The van der Waals surface area contributed by atoms with E-state index in [1.54, 1.807) is 0 Å². The van der Waals surface area contributed by atoms with Crippen LogP contribution < -0.4 is 0 Å². The molecule has 0 aromatic rings. The van der Waals surface area contributed by atoms with Crippen LogP contribution in [0.3, 0.4) is 0 Å². The number of carbonyl (C=O) groups is 2. The van der Waals surface area contributed by atoms with Gasteiger partial charge < -0.3 is 25.3 Å². The minimum atomic E-state index is -1.17. The topological polar surface area (TPSA) is 118 Å². The quantitative estimate of drug-likeness (QED) is 0.448. The third-order valence-electron chi connectivity index (χ3n) is 4.16. The van der Waals surface area contributed by atoms with Gasteiger partial charge in [-0.25, -0.2) is 4.79 Å². The van der Waals surface area contributed by atoms with Crippen LogP contribution in [-0.4, -0.2) is 68.3 Å². The summed E-state index contributed by atoms with van der Waals surface area (Å²) in [6.07, 6.45) is 0.187. The Morgan fingerprint density at radius 2 is 2.05 bits per heavy atom. The number of aliphatic carboxylic acids is 1. The number of hydrogen-bond donors (Lipinski definition) is 4. The number of carboxylic acid groups (broad SMARTS) is 1. The lowest BCUT2D eigenvalue weighted by molar-refractivity contribution is -0.163. The molecule has 0 aliphatic carbocycles. The first-order valence-electron chi connectivity index (χ1n) is 7.28. The van der Waals surface area contributed by atoms with Gasteiger partial charge in [0.25, 0.3) is 0 Å². The van der Waals surface area contributed by atoms with Crippen molar-refractivity contribution >= 4 is 23.6 Å². The van der Waals surface area contributed by atoms with E-state index in [0.29, 0.717) is 23.5 Å². The van der Waals surface area contributed by atoms with Gasteiger partial charge in [-0.2, -0.15) is 0 Å². The van der Waals surface area contributed by atoms with Crippen LogP contribution in [0.4, 0.5) is 0 Å². The van der Waals surface area contributed by atoms with Crippen LogP contribution in [0, 0.1) is 11.8 Å². The minimum absolute atomic E-state index is 0.0170. The number of carboxylic acids is 1. The third kappa shape index (κ3) is 2.76. The summed E-state index contributed by atoms with van der Waals surface area (Å²) >= 11 is 1.23. The number of hydrogen-bond acceptors (Lipinski definition) is 6. The fourth-order valence-corrected chi connectivity index (χ4v) is 4.42. The molecule has 0 unspecified atom stereocenters. The van der Waals surface area contributed by atoms with Gasteiger partial charge in [0.1, 0.15) is 5.70 Å². The van der Waals surface area contributed by atoms with E-state index in [1.807, 2.05) is 0 Å². The molecule has 2 aliphatic heterocycles. The standard InChI is InChI=1S/C14H21NO6S/c1-7(18)9-10-8(3-2-4-16)12(22-6-5-17)11(14(20)21)15(10)13(9)19/h7-10,16-18H,2-6H2,1H3,(H,20,21)/t7-,8-,9-,10-/m1/s1. The highest BCUT2D eigenvalue weighted by molar-refractivity contribution is 8.03. The lowest BCUT2D eigenvalue weighted by Gasteiger charge is -2.47. The van der Waals surface area contributed by atoms with Crippen molar-refractivity contribution in [1.82, 2.24) is 4.90 Å². The number of amides is 1. The molecule has 0 radical (unpaired) electrons. The molecule has 1 amide bonds. The first-order valence-corrected chi connectivity index (χ1v) is 8.27. The maximum Gasteiger partial charge on any atom is 0.353 e. The van der Waals surface area contributed by atoms with Crippen molar-refractivity contribution < 1.29 is 30.0 Å². The van der Waals surface area contributed by atoms with E-state index in [4.69, 9.17) is 10.2 Å².